The van der Waals surface area contributed by atoms with Gasteiger partial charge in [0.05, 0.1) is 18.8 Å². The van der Waals surface area contributed by atoms with Crippen molar-refractivity contribution >= 4 is 29.7 Å². The van der Waals surface area contributed by atoms with E-state index in [1.54, 1.807) is 10.9 Å². The van der Waals surface area contributed by atoms with Crippen molar-refractivity contribution in [3.8, 4) is 10.6 Å². The maximum absolute atomic E-state index is 12.3. The Morgan fingerprint density at radius 2 is 1.96 bits per heavy atom. The second-order valence-corrected chi connectivity index (χ2v) is 7.18. The van der Waals surface area contributed by atoms with E-state index >= 15 is 0 Å². The van der Waals surface area contributed by atoms with E-state index < -0.39 is 0 Å². The summed E-state index contributed by atoms with van der Waals surface area (Å²) in [5.74, 6) is -0.248. The Kier molecular flexibility index (Phi) is 6.49. The van der Waals surface area contributed by atoms with Crippen LogP contribution < -0.4 is 10.6 Å². The van der Waals surface area contributed by atoms with Crippen LogP contribution in [0.4, 0.5) is 0 Å². The third kappa shape index (κ3) is 4.68. The van der Waals surface area contributed by atoms with Gasteiger partial charge in [0.25, 0.3) is 5.91 Å². The highest BCUT2D eigenvalue weighted by atomic mass is 35.5. The summed E-state index contributed by atoms with van der Waals surface area (Å²) in [7, 11) is 0. The van der Waals surface area contributed by atoms with Gasteiger partial charge in [0.15, 0.2) is 5.69 Å². The molecule has 0 saturated carbocycles. The summed E-state index contributed by atoms with van der Waals surface area (Å²) in [6.07, 6.45) is 3.72. The van der Waals surface area contributed by atoms with Crippen molar-refractivity contribution in [2.75, 3.05) is 13.1 Å². The molecule has 4 rings (SSSR count). The van der Waals surface area contributed by atoms with Gasteiger partial charge in [0.1, 0.15) is 10.0 Å². The lowest BCUT2D eigenvalue weighted by atomic mass is 10.1. The van der Waals surface area contributed by atoms with Crippen LogP contribution in [0.2, 0.25) is 0 Å². The second-order valence-electron chi connectivity index (χ2n) is 6.11. The molecule has 2 N–H and O–H groups in total. The maximum Gasteiger partial charge on any atom is 0.273 e. The molecule has 2 aromatic heterocycles. The summed E-state index contributed by atoms with van der Waals surface area (Å²) in [5, 5.41) is 24.2. The van der Waals surface area contributed by atoms with Crippen LogP contribution in [0.3, 0.4) is 0 Å². The van der Waals surface area contributed by atoms with Gasteiger partial charge in [-0.3, -0.25) is 4.79 Å². The largest absolute Gasteiger partial charge is 0.344 e. The molecule has 3 heterocycles. The predicted molar refractivity (Wildman–Crippen MR) is 105 cm³/mol. The van der Waals surface area contributed by atoms with Crippen LogP contribution in [0.1, 0.15) is 34.4 Å². The summed E-state index contributed by atoms with van der Waals surface area (Å²) in [5.41, 5.74) is 1.35. The molecule has 0 bridgehead atoms. The van der Waals surface area contributed by atoms with Crippen LogP contribution in [-0.4, -0.2) is 44.2 Å². The minimum atomic E-state index is -0.248. The van der Waals surface area contributed by atoms with E-state index in [0.29, 0.717) is 18.3 Å². The third-order valence-corrected chi connectivity index (χ3v) is 5.29. The molecule has 0 spiro atoms. The van der Waals surface area contributed by atoms with Crippen molar-refractivity contribution < 1.29 is 4.79 Å². The molecule has 3 aromatic rings. The van der Waals surface area contributed by atoms with E-state index in [4.69, 9.17) is 0 Å². The average Bonchev–Trinajstić information content (AvgIpc) is 3.37. The van der Waals surface area contributed by atoms with Crippen molar-refractivity contribution in [3.63, 3.8) is 0 Å². The molecule has 1 aliphatic heterocycles. The highest BCUT2D eigenvalue weighted by Crippen LogP contribution is 2.23. The quantitative estimate of drug-likeness (QED) is 0.674. The molecule has 1 aliphatic rings. The Balaban J connectivity index is 0.00000210. The first-order chi connectivity index (χ1) is 12.8. The van der Waals surface area contributed by atoms with E-state index in [-0.39, 0.29) is 18.3 Å². The van der Waals surface area contributed by atoms with Crippen molar-refractivity contribution in [3.05, 3.63) is 47.2 Å². The van der Waals surface area contributed by atoms with Gasteiger partial charge in [-0.2, -0.15) is 0 Å². The molecule has 142 valence electrons. The summed E-state index contributed by atoms with van der Waals surface area (Å²) >= 11 is 1.47. The predicted octanol–water partition coefficient (Wildman–Crippen LogP) is 2.07. The highest BCUT2D eigenvalue weighted by Gasteiger charge is 2.19. The number of halogens is 1. The van der Waals surface area contributed by atoms with Gasteiger partial charge in [-0.25, -0.2) is 4.68 Å². The fourth-order valence-electron chi connectivity index (χ4n) is 2.90. The standard InChI is InChI=1S/C17H19N7OS.ClH/c25-16(14-11-24(23-20-14)13-6-8-18-9-7-13)19-10-15-21-22-17(26-15)12-4-2-1-3-5-12;/h1-5,11,13,18H,6-10H2,(H,19,25);1H. The third-order valence-electron chi connectivity index (χ3n) is 4.31. The molecule has 27 heavy (non-hydrogen) atoms. The normalized spacial score (nSPS) is 14.5. The van der Waals surface area contributed by atoms with Gasteiger partial charge < -0.3 is 10.6 Å². The first kappa shape index (κ1) is 19.4. The van der Waals surface area contributed by atoms with Crippen LogP contribution in [0.15, 0.2) is 36.5 Å². The van der Waals surface area contributed by atoms with Gasteiger partial charge in [-0.05, 0) is 25.9 Å². The molecule has 1 saturated heterocycles. The van der Waals surface area contributed by atoms with Crippen molar-refractivity contribution in [2.45, 2.75) is 25.4 Å². The Labute approximate surface area is 166 Å². The Morgan fingerprint density at radius 1 is 1.19 bits per heavy atom. The lowest BCUT2D eigenvalue weighted by molar-refractivity contribution is 0.0945. The van der Waals surface area contributed by atoms with Gasteiger partial charge in [0, 0.05) is 5.56 Å². The molecule has 0 atom stereocenters. The Morgan fingerprint density at radius 3 is 2.74 bits per heavy atom. The number of nitrogens with zero attached hydrogens (tertiary/aromatic N) is 5. The van der Waals surface area contributed by atoms with Crippen LogP contribution in [0, 0.1) is 0 Å². The monoisotopic (exact) mass is 405 g/mol. The molecular weight excluding hydrogens is 386 g/mol. The number of benzene rings is 1. The summed E-state index contributed by atoms with van der Waals surface area (Å²) in [6.45, 7) is 2.25. The molecule has 1 aromatic carbocycles. The van der Waals surface area contributed by atoms with E-state index in [1.807, 2.05) is 30.3 Å². The van der Waals surface area contributed by atoms with Crippen molar-refractivity contribution in [1.29, 1.82) is 0 Å². The lowest BCUT2D eigenvalue weighted by Gasteiger charge is -2.22. The molecule has 1 fully saturated rings. The lowest BCUT2D eigenvalue weighted by Crippen LogP contribution is -2.29. The number of carbonyl (C=O) groups excluding carboxylic acids is 1. The van der Waals surface area contributed by atoms with Crippen molar-refractivity contribution in [1.82, 2.24) is 35.8 Å². The Hall–Kier alpha value is -2.36. The van der Waals surface area contributed by atoms with Crippen LogP contribution in [0.25, 0.3) is 10.6 Å². The van der Waals surface area contributed by atoms with Crippen molar-refractivity contribution in [2.24, 2.45) is 0 Å². The minimum absolute atomic E-state index is 0. The second kappa shape index (κ2) is 9.03. The van der Waals surface area contributed by atoms with Gasteiger partial charge >= 0.3 is 0 Å². The number of aromatic nitrogens is 5. The zero-order chi connectivity index (χ0) is 17.8. The number of nitrogens with one attached hydrogen (secondary N) is 2. The molecule has 10 heteroatoms. The maximum atomic E-state index is 12.3. The van der Waals surface area contributed by atoms with Crippen LogP contribution >= 0.6 is 23.7 Å². The average molecular weight is 406 g/mol. The van der Waals surface area contributed by atoms with E-state index in [2.05, 4.69) is 31.1 Å². The molecule has 8 nitrogen and oxygen atoms in total. The molecule has 0 radical (unpaired) electrons. The fraction of sp³-hybridized carbons (Fsp3) is 0.353. The number of rotatable bonds is 5. The van der Waals surface area contributed by atoms with Gasteiger partial charge in [-0.15, -0.1) is 27.7 Å². The Bertz CT molecular complexity index is 876. The first-order valence-electron chi connectivity index (χ1n) is 8.58. The number of carbonyl (C=O) groups is 1. The topological polar surface area (TPSA) is 97.6 Å². The number of hydrogen-bond donors (Lipinski definition) is 2. The zero-order valence-electron chi connectivity index (χ0n) is 14.5. The molecule has 0 unspecified atom stereocenters. The zero-order valence-corrected chi connectivity index (χ0v) is 16.2. The molecule has 1 amide bonds. The number of piperidine rings is 1. The van der Waals surface area contributed by atoms with Crippen LogP contribution in [-0.2, 0) is 6.54 Å². The van der Waals surface area contributed by atoms with Gasteiger partial charge in [0.2, 0.25) is 0 Å². The highest BCUT2D eigenvalue weighted by molar-refractivity contribution is 7.14. The molecular formula is C17H20ClN7OS. The summed E-state index contributed by atoms with van der Waals surface area (Å²) in [6, 6.07) is 10.2. The summed E-state index contributed by atoms with van der Waals surface area (Å²) in [4.78, 5) is 12.3. The number of amides is 1. The smallest absolute Gasteiger partial charge is 0.273 e. The first-order valence-corrected chi connectivity index (χ1v) is 9.40. The minimum Gasteiger partial charge on any atom is -0.344 e. The van der Waals surface area contributed by atoms with Gasteiger partial charge in [-0.1, -0.05) is 46.9 Å². The summed E-state index contributed by atoms with van der Waals surface area (Å²) < 4.78 is 1.80. The van der Waals surface area contributed by atoms with E-state index in [0.717, 1.165) is 41.5 Å². The van der Waals surface area contributed by atoms with E-state index in [9.17, 15) is 4.79 Å². The fourth-order valence-corrected chi connectivity index (χ4v) is 3.68. The molecule has 0 aliphatic carbocycles. The van der Waals surface area contributed by atoms with E-state index in [1.165, 1.54) is 11.3 Å². The number of hydrogen-bond acceptors (Lipinski definition) is 7. The van der Waals surface area contributed by atoms with Crippen LogP contribution in [0.5, 0.6) is 0 Å². The SMILES string of the molecule is Cl.O=C(NCc1nnc(-c2ccccc2)s1)c1cn(C2CCNCC2)nn1.